The van der Waals surface area contributed by atoms with E-state index in [1.807, 2.05) is 30.3 Å². The summed E-state index contributed by atoms with van der Waals surface area (Å²) in [7, 11) is -10.7. The number of hydrogen-bond donors (Lipinski definition) is 8. The van der Waals surface area contributed by atoms with Crippen molar-refractivity contribution < 1.29 is 62.2 Å². The summed E-state index contributed by atoms with van der Waals surface area (Å²) < 4.78 is 40.4. The maximum Gasteiger partial charge on any atom is 0.674 e. The van der Waals surface area contributed by atoms with Crippen LogP contribution in [0, 0.1) is 0 Å². The highest BCUT2D eigenvalue weighted by molar-refractivity contribution is 6.32. The zero-order valence-electron chi connectivity index (χ0n) is 13.8. The number of hydrogen-bond acceptors (Lipinski definition) is 9. The average molecular weight is 412 g/mol. The number of rotatable bonds is 0. The fourth-order valence-corrected chi connectivity index (χ4v) is 1.21. The molecule has 0 fully saturated rings. The van der Waals surface area contributed by atoms with Gasteiger partial charge in [-0.05, 0) is 6.07 Å². The van der Waals surface area contributed by atoms with Gasteiger partial charge >= 0.3 is 35.3 Å². The van der Waals surface area contributed by atoms with Crippen LogP contribution in [0.2, 0.25) is 0 Å². The van der Waals surface area contributed by atoms with Crippen molar-refractivity contribution in [3.8, 4) is 0 Å². The molecule has 2 rings (SSSR count). The quantitative estimate of drug-likeness (QED) is 0.0897. The molecule has 28 heavy (non-hydrogen) atoms. The highest BCUT2D eigenvalue weighted by atomic mass is 19.1. The first kappa shape index (κ1) is 30.7. The van der Waals surface area contributed by atoms with E-state index in [2.05, 4.69) is 9.78 Å². The van der Waals surface area contributed by atoms with E-state index in [9.17, 15) is 17.3 Å². The second-order valence-corrected chi connectivity index (χ2v) is 3.85. The van der Waals surface area contributed by atoms with E-state index in [0.717, 1.165) is 10.6 Å². The molecule has 1 aromatic rings. The Kier molecular flexibility index (Phi) is 21.5. The van der Waals surface area contributed by atoms with Crippen LogP contribution < -0.4 is 10.6 Å². The van der Waals surface area contributed by atoms with Crippen LogP contribution in [0.25, 0.3) is 11.6 Å². The molecule has 0 aromatic heterocycles. The van der Waals surface area contributed by atoms with Gasteiger partial charge in [-0.1, -0.05) is 18.2 Å². The first-order chi connectivity index (χ1) is 12.8. The van der Waals surface area contributed by atoms with E-state index in [-0.39, 0.29) is 0 Å². The van der Waals surface area contributed by atoms with E-state index < -0.39 is 29.6 Å². The summed E-state index contributed by atoms with van der Waals surface area (Å²) in [5.74, 6) is 0. The summed E-state index contributed by atoms with van der Waals surface area (Å²) in [6.45, 7) is 0.466. The van der Waals surface area contributed by atoms with Gasteiger partial charge in [0.25, 0.3) is 0 Å². The van der Waals surface area contributed by atoms with Crippen LogP contribution in [-0.4, -0.2) is 86.8 Å². The molecular weight excluding hydrogens is 397 g/mol. The smallest absolute Gasteiger partial charge is 0.398 e. The molecule has 0 atom stereocenters. The minimum Gasteiger partial charge on any atom is -0.398 e. The van der Waals surface area contributed by atoms with Gasteiger partial charge in [-0.3, -0.25) is 22.3 Å². The molecule has 19 heteroatoms. The third-order valence-corrected chi connectivity index (χ3v) is 1.80. The van der Waals surface area contributed by atoms with Crippen LogP contribution in [-0.2, 0) is 0 Å². The molecule has 0 spiro atoms. The zero-order valence-corrected chi connectivity index (χ0v) is 13.8. The molecule has 1 aliphatic rings. The molecule has 1 aromatic carbocycles. The van der Waals surface area contributed by atoms with Gasteiger partial charge in [-0.15, -0.1) is 0 Å². The molecule has 0 saturated heterocycles. The highest BCUT2D eigenvalue weighted by Crippen LogP contribution is 1.82. The van der Waals surface area contributed by atoms with Gasteiger partial charge in [0.05, 0.1) is 5.36 Å². The van der Waals surface area contributed by atoms with Crippen LogP contribution in [0.1, 0.15) is 0 Å². The fraction of sp³-hybridized carbons (Fsp3) is 0.111. The minimum atomic E-state index is -2.67. The van der Waals surface area contributed by atoms with Gasteiger partial charge in [0, 0.05) is 11.3 Å². The number of nitrogens with zero attached hydrogens (tertiary/aromatic N) is 3. The van der Waals surface area contributed by atoms with Gasteiger partial charge in [0.2, 0.25) is 0 Å². The van der Waals surface area contributed by atoms with Gasteiger partial charge in [0.15, 0.2) is 0 Å². The Morgan fingerprint density at radius 3 is 1.50 bits per heavy atom. The van der Waals surface area contributed by atoms with Crippen LogP contribution in [0.15, 0.2) is 29.3 Å². The Morgan fingerprint density at radius 2 is 1.14 bits per heavy atom. The molecule has 8 N–H and O–H groups in total. The summed E-state index contributed by atoms with van der Waals surface area (Å²) in [6, 6.07) is 7.77. The topological polar surface area (TPSA) is 211 Å². The van der Waals surface area contributed by atoms with Crippen molar-refractivity contribution in [2.75, 3.05) is 6.54 Å². The number of para-hydroxylation sites is 1. The summed E-state index contributed by atoms with van der Waals surface area (Å²) >= 11 is 0. The second-order valence-electron chi connectivity index (χ2n) is 3.85. The van der Waals surface area contributed by atoms with Gasteiger partial charge in [0.1, 0.15) is 6.54 Å². The van der Waals surface area contributed by atoms with Crippen LogP contribution in [0.4, 0.5) is 17.3 Å². The average Bonchev–Trinajstić information content (AvgIpc) is 2.52. The summed E-state index contributed by atoms with van der Waals surface area (Å²) in [6.07, 6.45) is 1.84. The van der Waals surface area contributed by atoms with E-state index in [4.69, 9.17) is 45.7 Å². The lowest BCUT2D eigenvalue weighted by Gasteiger charge is -1.94. The fourth-order valence-electron chi connectivity index (χ4n) is 1.21. The highest BCUT2D eigenvalue weighted by Gasteiger charge is 2.05. The third kappa shape index (κ3) is 31.7. The minimum absolute atomic E-state index is 0.466. The maximum absolute atomic E-state index is 10.1. The maximum atomic E-state index is 10.1. The van der Waals surface area contributed by atoms with Crippen molar-refractivity contribution in [1.82, 2.24) is 0 Å². The monoisotopic (exact) mass is 413 g/mol. The molecule has 11 nitrogen and oxygen atoms in total. The summed E-state index contributed by atoms with van der Waals surface area (Å²) in [5.41, 5.74) is 9.12. The van der Waals surface area contributed by atoms with E-state index in [1.165, 1.54) is 0 Å². The molecule has 0 amide bonds. The zero-order chi connectivity index (χ0) is 22.7. The predicted octanol–water partition coefficient (Wildman–Crippen LogP) is -4.53. The van der Waals surface area contributed by atoms with Crippen molar-refractivity contribution in [1.29, 1.82) is 0 Å². The Hall–Kier alpha value is -2.07. The summed E-state index contributed by atoms with van der Waals surface area (Å²) in [4.78, 5) is 7.34. The third-order valence-electron chi connectivity index (χ3n) is 1.80. The molecule has 0 bridgehead atoms. The van der Waals surface area contributed by atoms with Crippen LogP contribution >= 0.6 is 0 Å². The molecule has 0 unspecified atom stereocenters. The van der Waals surface area contributed by atoms with E-state index >= 15 is 0 Å². The van der Waals surface area contributed by atoms with Crippen molar-refractivity contribution in [3.63, 3.8) is 0 Å². The van der Waals surface area contributed by atoms with Gasteiger partial charge < -0.3 is 45.7 Å². The molecular formula is C9H15B4F4N3O8. The molecule has 0 radical (unpaired) electrons. The van der Waals surface area contributed by atoms with Crippen molar-refractivity contribution in [3.05, 3.63) is 40.4 Å². The Balaban J connectivity index is -0.000000328. The number of halogens is 4. The largest absolute Gasteiger partial charge is 0.674 e. The Labute approximate surface area is 156 Å². The molecule has 1 aliphatic heterocycles. The molecule has 0 aliphatic carbocycles. The van der Waals surface area contributed by atoms with Gasteiger partial charge in [-0.25, -0.2) is 0 Å². The lowest BCUT2D eigenvalue weighted by atomic mass is 10.2. The SMILES string of the molecule is OB(O)F.OB(O)F.OB(O)F.OB(O)F.[N-]=[N+]=C1C=c2ccccc2=NC1. The lowest BCUT2D eigenvalue weighted by molar-refractivity contribution is -0.00356. The number of fused-ring (bicyclic) bond motifs is 1. The molecule has 1 heterocycles. The van der Waals surface area contributed by atoms with Gasteiger partial charge in [-0.2, -0.15) is 4.79 Å². The van der Waals surface area contributed by atoms with E-state index in [1.54, 1.807) is 0 Å². The van der Waals surface area contributed by atoms with Crippen molar-refractivity contribution >= 4 is 41.4 Å². The summed E-state index contributed by atoms with van der Waals surface area (Å²) in [5, 5.41) is 57.5. The first-order valence-corrected chi connectivity index (χ1v) is 6.66. The van der Waals surface area contributed by atoms with Crippen molar-refractivity contribution in [2.24, 2.45) is 4.99 Å². The first-order valence-electron chi connectivity index (χ1n) is 6.66. The van der Waals surface area contributed by atoms with Crippen LogP contribution in [0.5, 0.6) is 0 Å². The normalized spacial score (nSPS) is 9.79. The number of benzene rings is 1. The lowest BCUT2D eigenvalue weighted by Crippen LogP contribution is -2.31. The molecule has 154 valence electrons. The Morgan fingerprint density at radius 1 is 0.786 bits per heavy atom. The Bertz CT molecular complexity index is 647. The standard InChI is InChI=1S/C9H7N3.4BFH2O2/c10-12-8-5-7-3-1-2-4-9(7)11-6-8;4*2-1(3)4/h1-5H,6H2;4*3-4H. The van der Waals surface area contributed by atoms with E-state index in [0.29, 0.717) is 12.3 Å². The predicted molar refractivity (Wildman–Crippen MR) is 90.4 cm³/mol. The molecule has 0 saturated carbocycles. The second kappa shape index (κ2) is 19.7. The van der Waals surface area contributed by atoms with Crippen molar-refractivity contribution in [2.45, 2.75) is 0 Å². The van der Waals surface area contributed by atoms with Crippen LogP contribution in [0.3, 0.4) is 0 Å².